The molecule has 2 aromatic carbocycles. The van der Waals surface area contributed by atoms with Crippen molar-refractivity contribution in [2.75, 3.05) is 7.11 Å². The second-order valence-corrected chi connectivity index (χ2v) is 5.81. The lowest BCUT2D eigenvalue weighted by atomic mass is 10.1. The van der Waals surface area contributed by atoms with Crippen LogP contribution in [0.1, 0.15) is 23.1 Å². The second-order valence-electron chi connectivity index (χ2n) is 5.81. The standard InChI is InChI=1S/C20H18FNO3/c1-13-4-3-5-14(10-13)7-9-19-22-17(20(23)25-19)12-15-6-8-18(24-2)16(21)11-15/h3-6,8,10-12H,7,9H2,1-2H3/b17-12+. The van der Waals surface area contributed by atoms with Crippen LogP contribution in [0.5, 0.6) is 5.75 Å². The third-order valence-electron chi connectivity index (χ3n) is 3.85. The molecule has 128 valence electrons. The van der Waals surface area contributed by atoms with Crippen molar-refractivity contribution in [3.63, 3.8) is 0 Å². The molecule has 0 spiro atoms. The van der Waals surface area contributed by atoms with Crippen molar-refractivity contribution >= 4 is 17.9 Å². The number of aryl methyl sites for hydroxylation is 2. The molecule has 4 nitrogen and oxygen atoms in total. The molecule has 3 rings (SSSR count). The van der Waals surface area contributed by atoms with E-state index in [1.165, 1.54) is 30.9 Å². The third-order valence-corrected chi connectivity index (χ3v) is 3.85. The molecular weight excluding hydrogens is 321 g/mol. The van der Waals surface area contributed by atoms with Gasteiger partial charge >= 0.3 is 5.97 Å². The van der Waals surface area contributed by atoms with Crippen molar-refractivity contribution in [3.8, 4) is 5.75 Å². The van der Waals surface area contributed by atoms with E-state index in [0.717, 1.165) is 12.0 Å². The quantitative estimate of drug-likeness (QED) is 0.609. The fourth-order valence-electron chi connectivity index (χ4n) is 2.61. The Kier molecular flexibility index (Phi) is 4.93. The van der Waals surface area contributed by atoms with Gasteiger partial charge in [-0.2, -0.15) is 0 Å². The van der Waals surface area contributed by atoms with Gasteiger partial charge in [0.05, 0.1) is 7.11 Å². The van der Waals surface area contributed by atoms with Crippen LogP contribution in [-0.2, 0) is 16.0 Å². The summed E-state index contributed by atoms with van der Waals surface area (Å²) in [6, 6.07) is 12.6. The van der Waals surface area contributed by atoms with E-state index in [0.29, 0.717) is 17.9 Å². The number of esters is 1. The summed E-state index contributed by atoms with van der Waals surface area (Å²) in [4.78, 5) is 16.2. The molecular formula is C20H18FNO3. The van der Waals surface area contributed by atoms with Crippen LogP contribution in [0.4, 0.5) is 4.39 Å². The Bertz CT molecular complexity index is 871. The summed E-state index contributed by atoms with van der Waals surface area (Å²) < 4.78 is 23.8. The Morgan fingerprint density at radius 2 is 2.04 bits per heavy atom. The first-order valence-electron chi connectivity index (χ1n) is 7.95. The number of hydrogen-bond acceptors (Lipinski definition) is 4. The fraction of sp³-hybridized carbons (Fsp3) is 0.200. The van der Waals surface area contributed by atoms with Crippen LogP contribution in [0.15, 0.2) is 53.2 Å². The number of halogens is 1. The van der Waals surface area contributed by atoms with E-state index in [2.05, 4.69) is 11.1 Å². The minimum absolute atomic E-state index is 0.151. The smallest absolute Gasteiger partial charge is 0.363 e. The molecule has 0 saturated heterocycles. The Balaban J connectivity index is 1.72. The SMILES string of the molecule is COc1ccc(/C=C2/N=C(CCc3cccc(C)c3)OC2=O)cc1F. The van der Waals surface area contributed by atoms with Gasteiger partial charge in [0.2, 0.25) is 0 Å². The third kappa shape index (κ3) is 4.12. The molecule has 0 atom stereocenters. The molecule has 0 fully saturated rings. The molecule has 0 unspecified atom stereocenters. The van der Waals surface area contributed by atoms with Gasteiger partial charge in [-0.1, -0.05) is 35.9 Å². The number of carbonyl (C=O) groups excluding carboxylic acids is 1. The molecule has 0 bridgehead atoms. The summed E-state index contributed by atoms with van der Waals surface area (Å²) in [5, 5.41) is 0. The first-order valence-corrected chi connectivity index (χ1v) is 7.95. The van der Waals surface area contributed by atoms with Crippen molar-refractivity contribution < 1.29 is 18.7 Å². The number of cyclic esters (lactones) is 1. The molecule has 0 saturated carbocycles. The van der Waals surface area contributed by atoms with Crippen molar-refractivity contribution in [3.05, 3.63) is 70.7 Å². The van der Waals surface area contributed by atoms with E-state index < -0.39 is 11.8 Å². The van der Waals surface area contributed by atoms with Crippen molar-refractivity contribution in [2.45, 2.75) is 19.8 Å². The fourth-order valence-corrected chi connectivity index (χ4v) is 2.61. The summed E-state index contributed by atoms with van der Waals surface area (Å²) in [6.07, 6.45) is 2.77. The highest BCUT2D eigenvalue weighted by molar-refractivity contribution is 6.07. The van der Waals surface area contributed by atoms with E-state index in [1.807, 2.05) is 25.1 Å². The highest BCUT2D eigenvalue weighted by Gasteiger charge is 2.22. The van der Waals surface area contributed by atoms with Gasteiger partial charge in [0.15, 0.2) is 23.2 Å². The van der Waals surface area contributed by atoms with Crippen molar-refractivity contribution in [2.24, 2.45) is 4.99 Å². The average molecular weight is 339 g/mol. The molecule has 1 aliphatic rings. The lowest BCUT2D eigenvalue weighted by Gasteiger charge is -2.02. The van der Waals surface area contributed by atoms with E-state index >= 15 is 0 Å². The number of benzene rings is 2. The molecule has 0 aromatic heterocycles. The highest BCUT2D eigenvalue weighted by atomic mass is 19.1. The van der Waals surface area contributed by atoms with Crippen LogP contribution in [0.2, 0.25) is 0 Å². The minimum atomic E-state index is -0.518. The number of ether oxygens (including phenoxy) is 2. The van der Waals surface area contributed by atoms with E-state index in [1.54, 1.807) is 6.07 Å². The highest BCUT2D eigenvalue weighted by Crippen LogP contribution is 2.22. The van der Waals surface area contributed by atoms with E-state index in [9.17, 15) is 9.18 Å². The summed E-state index contributed by atoms with van der Waals surface area (Å²) in [7, 11) is 1.40. The Labute approximate surface area is 145 Å². The van der Waals surface area contributed by atoms with Gasteiger partial charge in [0.25, 0.3) is 0 Å². The maximum atomic E-state index is 13.7. The van der Waals surface area contributed by atoms with Gasteiger partial charge in [-0.15, -0.1) is 0 Å². The monoisotopic (exact) mass is 339 g/mol. The molecule has 0 amide bonds. The molecule has 25 heavy (non-hydrogen) atoms. The zero-order chi connectivity index (χ0) is 17.8. The first-order chi connectivity index (χ1) is 12.0. The Hall–Kier alpha value is -2.95. The lowest BCUT2D eigenvalue weighted by Crippen LogP contribution is -2.05. The maximum absolute atomic E-state index is 13.7. The maximum Gasteiger partial charge on any atom is 0.363 e. The van der Waals surface area contributed by atoms with Crippen molar-refractivity contribution in [1.29, 1.82) is 0 Å². The number of carbonyl (C=O) groups is 1. The normalized spacial score (nSPS) is 15.2. The molecule has 2 aromatic rings. The van der Waals surface area contributed by atoms with Gasteiger partial charge in [0, 0.05) is 6.42 Å². The Morgan fingerprint density at radius 1 is 1.20 bits per heavy atom. The predicted octanol–water partition coefficient (Wildman–Crippen LogP) is 4.07. The summed E-state index contributed by atoms with van der Waals surface area (Å²) in [5.74, 6) is -0.479. The Morgan fingerprint density at radius 3 is 2.76 bits per heavy atom. The van der Waals surface area contributed by atoms with Gasteiger partial charge in [0.1, 0.15) is 0 Å². The number of rotatable bonds is 5. The molecule has 1 heterocycles. The molecule has 0 N–H and O–H groups in total. The average Bonchev–Trinajstić information content (AvgIpc) is 2.93. The lowest BCUT2D eigenvalue weighted by molar-refractivity contribution is -0.130. The minimum Gasteiger partial charge on any atom is -0.494 e. The van der Waals surface area contributed by atoms with Crippen LogP contribution in [0.25, 0.3) is 6.08 Å². The van der Waals surface area contributed by atoms with E-state index in [-0.39, 0.29) is 11.4 Å². The van der Waals surface area contributed by atoms with Gasteiger partial charge in [-0.05, 0) is 42.7 Å². The summed E-state index contributed by atoms with van der Waals surface area (Å²) in [5.41, 5.74) is 3.04. The molecule has 0 aliphatic carbocycles. The zero-order valence-corrected chi connectivity index (χ0v) is 14.1. The first kappa shape index (κ1) is 16.9. The van der Waals surface area contributed by atoms with Crippen molar-refractivity contribution in [1.82, 2.24) is 0 Å². The number of methoxy groups -OCH3 is 1. The summed E-state index contributed by atoms with van der Waals surface area (Å²) >= 11 is 0. The largest absolute Gasteiger partial charge is 0.494 e. The van der Waals surface area contributed by atoms with Crippen LogP contribution in [0, 0.1) is 12.7 Å². The zero-order valence-electron chi connectivity index (χ0n) is 14.1. The number of aliphatic imine (C=N–C) groups is 1. The van der Waals surface area contributed by atoms with Gasteiger partial charge in [-0.3, -0.25) is 0 Å². The molecule has 1 aliphatic heterocycles. The van der Waals surface area contributed by atoms with Crippen LogP contribution in [-0.4, -0.2) is 19.0 Å². The molecule has 0 radical (unpaired) electrons. The van der Waals surface area contributed by atoms with E-state index in [4.69, 9.17) is 9.47 Å². The predicted molar refractivity (Wildman–Crippen MR) is 94.0 cm³/mol. The van der Waals surface area contributed by atoms with Crippen LogP contribution >= 0.6 is 0 Å². The number of hydrogen-bond donors (Lipinski definition) is 0. The second kappa shape index (κ2) is 7.30. The van der Waals surface area contributed by atoms with Crippen LogP contribution in [0.3, 0.4) is 0 Å². The molecule has 5 heteroatoms. The summed E-state index contributed by atoms with van der Waals surface area (Å²) in [6.45, 7) is 2.03. The van der Waals surface area contributed by atoms with Gasteiger partial charge in [-0.25, -0.2) is 14.2 Å². The van der Waals surface area contributed by atoms with Crippen LogP contribution < -0.4 is 4.74 Å². The number of nitrogens with zero attached hydrogens (tertiary/aromatic N) is 1. The van der Waals surface area contributed by atoms with Gasteiger partial charge < -0.3 is 9.47 Å². The topological polar surface area (TPSA) is 47.9 Å².